The zero-order valence-corrected chi connectivity index (χ0v) is 19.1. The van der Waals surface area contributed by atoms with Crippen LogP contribution < -0.4 is 20.5 Å². The number of morpholine rings is 1. The molecule has 0 radical (unpaired) electrons. The van der Waals surface area contributed by atoms with E-state index in [1.807, 2.05) is 18.2 Å². The Kier molecular flexibility index (Phi) is 6.12. The van der Waals surface area contributed by atoms with Crippen molar-refractivity contribution in [1.82, 2.24) is 4.90 Å². The number of likely N-dealkylation sites (N-methyl/N-ethyl adjacent to an activating group) is 1. The predicted octanol–water partition coefficient (Wildman–Crippen LogP) is 2.34. The Hall–Kier alpha value is -3.56. The molecule has 0 spiro atoms. The van der Waals surface area contributed by atoms with Crippen molar-refractivity contribution < 1.29 is 19.1 Å². The molecule has 3 heterocycles. The number of nitrogens with one attached hydrogen (secondary N) is 1. The molecule has 2 aliphatic rings. The van der Waals surface area contributed by atoms with Crippen LogP contribution >= 0.6 is 0 Å². The summed E-state index contributed by atoms with van der Waals surface area (Å²) in [6.07, 6.45) is 0. The summed E-state index contributed by atoms with van der Waals surface area (Å²) in [6, 6.07) is 11.7. The fourth-order valence-electron chi connectivity index (χ4n) is 4.40. The number of fused-ring (bicyclic) bond motifs is 1. The molecule has 1 aromatic heterocycles. The maximum Gasteiger partial charge on any atom is 0.291 e. The van der Waals surface area contributed by atoms with Crippen molar-refractivity contribution in [1.29, 1.82) is 0 Å². The second-order valence-electron chi connectivity index (χ2n) is 8.67. The third-order valence-electron chi connectivity index (χ3n) is 6.41. The molecule has 178 valence electrons. The molecule has 9 nitrogen and oxygen atoms in total. The van der Waals surface area contributed by atoms with Crippen LogP contribution in [0.15, 0.2) is 51.7 Å². The number of ether oxygens (including phenoxy) is 1. The Morgan fingerprint density at radius 1 is 0.971 bits per heavy atom. The minimum Gasteiger partial charge on any atom is -0.506 e. The van der Waals surface area contributed by atoms with E-state index >= 15 is 0 Å². The summed E-state index contributed by atoms with van der Waals surface area (Å²) in [5.41, 5.74) is 2.02. The van der Waals surface area contributed by atoms with Crippen molar-refractivity contribution in [2.75, 3.05) is 74.6 Å². The van der Waals surface area contributed by atoms with E-state index in [4.69, 9.17) is 9.15 Å². The zero-order chi connectivity index (χ0) is 23.7. The molecule has 0 saturated carbocycles. The van der Waals surface area contributed by atoms with Crippen LogP contribution in [0.4, 0.5) is 17.1 Å². The Morgan fingerprint density at radius 2 is 1.74 bits per heavy atom. The van der Waals surface area contributed by atoms with Gasteiger partial charge in [0, 0.05) is 57.1 Å². The first-order chi connectivity index (χ1) is 16.5. The van der Waals surface area contributed by atoms with Crippen LogP contribution in [0.25, 0.3) is 11.0 Å². The number of phenolic OH excluding ortho intramolecular Hbond substituents is 1. The lowest BCUT2D eigenvalue weighted by Crippen LogP contribution is -2.44. The van der Waals surface area contributed by atoms with Gasteiger partial charge >= 0.3 is 0 Å². The highest BCUT2D eigenvalue weighted by molar-refractivity contribution is 6.04. The van der Waals surface area contributed by atoms with Crippen LogP contribution in [0.1, 0.15) is 10.6 Å². The van der Waals surface area contributed by atoms with Gasteiger partial charge in [-0.2, -0.15) is 0 Å². The molecule has 0 atom stereocenters. The molecule has 2 N–H and O–H groups in total. The van der Waals surface area contributed by atoms with Gasteiger partial charge in [0.1, 0.15) is 5.75 Å². The van der Waals surface area contributed by atoms with Gasteiger partial charge in [-0.05, 0) is 31.3 Å². The minimum atomic E-state index is -0.596. The zero-order valence-electron chi connectivity index (χ0n) is 19.1. The smallest absolute Gasteiger partial charge is 0.291 e. The highest BCUT2D eigenvalue weighted by atomic mass is 16.5. The largest absolute Gasteiger partial charge is 0.506 e. The summed E-state index contributed by atoms with van der Waals surface area (Å²) in [4.78, 5) is 32.3. The molecular formula is C25H28N4O5. The second-order valence-corrected chi connectivity index (χ2v) is 8.67. The van der Waals surface area contributed by atoms with Crippen LogP contribution in [0, 0.1) is 0 Å². The average molecular weight is 465 g/mol. The summed E-state index contributed by atoms with van der Waals surface area (Å²) >= 11 is 0. The first kappa shape index (κ1) is 22.2. The molecule has 2 aromatic carbocycles. The molecule has 9 heteroatoms. The van der Waals surface area contributed by atoms with E-state index in [-0.39, 0.29) is 22.6 Å². The molecule has 1 amide bonds. The number of piperazine rings is 1. The molecule has 5 rings (SSSR count). The van der Waals surface area contributed by atoms with Gasteiger partial charge in [-0.1, -0.05) is 6.07 Å². The van der Waals surface area contributed by atoms with Gasteiger partial charge in [-0.25, -0.2) is 0 Å². The van der Waals surface area contributed by atoms with Gasteiger partial charge in [0.05, 0.1) is 30.0 Å². The number of carbonyl (C=O) groups is 1. The van der Waals surface area contributed by atoms with E-state index in [1.165, 1.54) is 6.07 Å². The Bertz CT molecular complexity index is 1260. The summed E-state index contributed by atoms with van der Waals surface area (Å²) in [5, 5.41) is 13.6. The van der Waals surface area contributed by atoms with Crippen molar-refractivity contribution in [3.63, 3.8) is 0 Å². The Labute approximate surface area is 197 Å². The molecule has 0 unspecified atom stereocenters. The Morgan fingerprint density at radius 3 is 2.47 bits per heavy atom. The molecule has 2 fully saturated rings. The Balaban J connectivity index is 1.41. The predicted molar refractivity (Wildman–Crippen MR) is 131 cm³/mol. The number of hydrogen-bond acceptors (Lipinski definition) is 8. The average Bonchev–Trinajstić information content (AvgIpc) is 2.86. The molecular weight excluding hydrogens is 436 g/mol. The fourth-order valence-corrected chi connectivity index (χ4v) is 4.40. The number of phenols is 1. The van der Waals surface area contributed by atoms with Crippen LogP contribution in [0.3, 0.4) is 0 Å². The highest BCUT2D eigenvalue weighted by Gasteiger charge is 2.21. The monoisotopic (exact) mass is 464 g/mol. The molecule has 2 saturated heterocycles. The quantitative estimate of drug-likeness (QED) is 0.568. The topological polar surface area (TPSA) is 98.5 Å². The lowest BCUT2D eigenvalue weighted by atomic mass is 10.1. The number of amides is 1. The number of para-hydroxylation sites is 1. The van der Waals surface area contributed by atoms with E-state index in [2.05, 4.69) is 27.1 Å². The van der Waals surface area contributed by atoms with E-state index in [9.17, 15) is 14.7 Å². The number of rotatable bonds is 4. The van der Waals surface area contributed by atoms with E-state index in [1.54, 1.807) is 18.2 Å². The number of anilines is 3. The normalized spacial score (nSPS) is 17.2. The van der Waals surface area contributed by atoms with Crippen molar-refractivity contribution >= 4 is 33.9 Å². The van der Waals surface area contributed by atoms with Crippen molar-refractivity contribution in [3.8, 4) is 5.75 Å². The van der Waals surface area contributed by atoms with Gasteiger partial charge in [-0.3, -0.25) is 9.59 Å². The third-order valence-corrected chi connectivity index (χ3v) is 6.41. The maximum absolute atomic E-state index is 13.0. The summed E-state index contributed by atoms with van der Waals surface area (Å²) in [5.74, 6) is -0.754. The van der Waals surface area contributed by atoms with E-state index < -0.39 is 5.91 Å². The maximum atomic E-state index is 13.0. The number of aromatic hydroxyl groups is 1. The number of nitrogens with zero attached hydrogens (tertiary/aromatic N) is 3. The molecule has 0 bridgehead atoms. The standard InChI is InChI=1S/C25H28N4O5/c1-27-7-9-29(10-8-27)20-4-2-3-18-21(30)16-23(34-24(18)20)25(32)26-19-6-5-17(15-22(19)31)28-11-13-33-14-12-28/h2-6,15-16,31H,7-14H2,1H3,(H,26,32). The minimum absolute atomic E-state index is 0.0568. The lowest BCUT2D eigenvalue weighted by Gasteiger charge is -2.34. The SMILES string of the molecule is CN1CCN(c2cccc3c(=O)cc(C(=O)Nc4ccc(N5CCOCC5)cc4O)oc23)CC1. The van der Waals surface area contributed by atoms with Crippen LogP contribution in [-0.4, -0.2) is 75.4 Å². The summed E-state index contributed by atoms with van der Waals surface area (Å²) in [6.45, 7) is 6.16. The van der Waals surface area contributed by atoms with Crippen molar-refractivity contribution in [2.45, 2.75) is 0 Å². The number of hydrogen-bond donors (Lipinski definition) is 2. The van der Waals surface area contributed by atoms with Crippen LogP contribution in [0.2, 0.25) is 0 Å². The van der Waals surface area contributed by atoms with Gasteiger partial charge in [0.25, 0.3) is 5.91 Å². The second kappa shape index (κ2) is 9.36. The van der Waals surface area contributed by atoms with E-state index in [0.29, 0.717) is 24.2 Å². The first-order valence-corrected chi connectivity index (χ1v) is 11.5. The molecule has 3 aromatic rings. The molecule has 34 heavy (non-hydrogen) atoms. The van der Waals surface area contributed by atoms with Crippen LogP contribution in [-0.2, 0) is 4.74 Å². The van der Waals surface area contributed by atoms with Gasteiger partial charge in [-0.15, -0.1) is 0 Å². The van der Waals surface area contributed by atoms with Crippen molar-refractivity contribution in [2.24, 2.45) is 0 Å². The lowest BCUT2D eigenvalue weighted by molar-refractivity contribution is 0.0997. The van der Waals surface area contributed by atoms with Gasteiger partial charge in [0.2, 0.25) is 0 Å². The van der Waals surface area contributed by atoms with Crippen molar-refractivity contribution in [3.05, 3.63) is 58.4 Å². The van der Waals surface area contributed by atoms with Gasteiger partial charge in [0.15, 0.2) is 16.8 Å². The third kappa shape index (κ3) is 4.44. The van der Waals surface area contributed by atoms with Gasteiger partial charge < -0.3 is 34.3 Å². The molecule has 2 aliphatic heterocycles. The fraction of sp³-hybridized carbons (Fsp3) is 0.360. The number of carbonyl (C=O) groups excluding carboxylic acids is 1. The molecule has 0 aliphatic carbocycles. The highest BCUT2D eigenvalue weighted by Crippen LogP contribution is 2.31. The summed E-state index contributed by atoms with van der Waals surface area (Å²) < 4.78 is 11.3. The van der Waals surface area contributed by atoms with Crippen LogP contribution in [0.5, 0.6) is 5.75 Å². The summed E-state index contributed by atoms with van der Waals surface area (Å²) in [7, 11) is 2.08. The first-order valence-electron chi connectivity index (χ1n) is 11.5. The number of benzene rings is 2. The van der Waals surface area contributed by atoms with E-state index in [0.717, 1.165) is 50.6 Å².